The van der Waals surface area contributed by atoms with Crippen molar-refractivity contribution in [2.24, 2.45) is 0 Å². The minimum atomic E-state index is -0.251. The molecule has 0 aliphatic carbocycles. The average molecular weight is 386 g/mol. The molecule has 146 valence electrons. The van der Waals surface area contributed by atoms with Crippen LogP contribution in [0.4, 0.5) is 5.82 Å². The maximum atomic E-state index is 12.7. The number of hydrogen-bond donors (Lipinski definition) is 2. The second-order valence-corrected chi connectivity index (χ2v) is 7.19. The summed E-state index contributed by atoms with van der Waals surface area (Å²) in [5.41, 5.74) is 4.32. The van der Waals surface area contributed by atoms with Gasteiger partial charge in [-0.3, -0.25) is 4.79 Å². The molecule has 7 nitrogen and oxygen atoms in total. The van der Waals surface area contributed by atoms with Crippen LogP contribution in [0.15, 0.2) is 61.1 Å². The number of carbonyl (C=O) groups is 1. The van der Waals surface area contributed by atoms with E-state index in [1.165, 1.54) is 5.56 Å². The monoisotopic (exact) mass is 386 g/mol. The molecular formula is C22H22N6O. The lowest BCUT2D eigenvalue weighted by Gasteiger charge is -2.10. The van der Waals surface area contributed by atoms with E-state index in [9.17, 15) is 4.79 Å². The second-order valence-electron chi connectivity index (χ2n) is 7.19. The van der Waals surface area contributed by atoms with Crippen LogP contribution >= 0.6 is 0 Å². The van der Waals surface area contributed by atoms with Crippen molar-refractivity contribution >= 4 is 11.7 Å². The summed E-state index contributed by atoms with van der Waals surface area (Å²) in [6.45, 7) is 6.15. The molecule has 2 N–H and O–H groups in total. The Hall–Kier alpha value is -3.74. The van der Waals surface area contributed by atoms with Crippen molar-refractivity contribution in [3.8, 4) is 22.6 Å². The zero-order valence-electron chi connectivity index (χ0n) is 16.5. The third-order valence-corrected chi connectivity index (χ3v) is 4.63. The smallest absolute Gasteiger partial charge is 0.273 e. The zero-order chi connectivity index (χ0) is 20.4. The molecule has 4 rings (SSSR count). The summed E-state index contributed by atoms with van der Waals surface area (Å²) in [6.07, 6.45) is 3.51. The summed E-state index contributed by atoms with van der Waals surface area (Å²) in [5.74, 6) is 0.870. The number of aromatic nitrogens is 5. The Morgan fingerprint density at radius 3 is 2.72 bits per heavy atom. The van der Waals surface area contributed by atoms with Gasteiger partial charge in [0.1, 0.15) is 23.5 Å². The molecule has 4 aromatic rings. The van der Waals surface area contributed by atoms with Gasteiger partial charge >= 0.3 is 0 Å². The van der Waals surface area contributed by atoms with Crippen LogP contribution in [-0.4, -0.2) is 30.6 Å². The molecule has 0 saturated carbocycles. The topological polar surface area (TPSA) is 88.5 Å². The van der Waals surface area contributed by atoms with E-state index >= 15 is 0 Å². The van der Waals surface area contributed by atoms with Crippen LogP contribution in [0.5, 0.6) is 0 Å². The minimum Gasteiger partial charge on any atom is -0.357 e. The van der Waals surface area contributed by atoms with Gasteiger partial charge in [0, 0.05) is 12.2 Å². The predicted molar refractivity (Wildman–Crippen MR) is 113 cm³/mol. The first-order chi connectivity index (χ1) is 14.0. The van der Waals surface area contributed by atoms with Gasteiger partial charge in [0.15, 0.2) is 5.82 Å². The molecule has 0 aliphatic rings. The first-order valence-corrected chi connectivity index (χ1v) is 9.45. The Bertz CT molecular complexity index is 1160. The molecule has 1 amide bonds. The number of anilines is 1. The zero-order valence-corrected chi connectivity index (χ0v) is 16.5. The molecule has 0 atom stereocenters. The number of H-pyrrole nitrogens is 1. The maximum absolute atomic E-state index is 12.7. The van der Waals surface area contributed by atoms with Gasteiger partial charge in [0.25, 0.3) is 5.91 Å². The summed E-state index contributed by atoms with van der Waals surface area (Å²) in [7, 11) is 0. The van der Waals surface area contributed by atoms with Gasteiger partial charge in [-0.15, -0.1) is 10.2 Å². The van der Waals surface area contributed by atoms with E-state index in [1.807, 2.05) is 54.1 Å². The normalized spacial score (nSPS) is 11.0. The Morgan fingerprint density at radius 1 is 1.10 bits per heavy atom. The van der Waals surface area contributed by atoms with E-state index in [4.69, 9.17) is 0 Å². The van der Waals surface area contributed by atoms with Gasteiger partial charge in [0.2, 0.25) is 0 Å². The van der Waals surface area contributed by atoms with E-state index < -0.39 is 0 Å². The van der Waals surface area contributed by atoms with E-state index in [0.29, 0.717) is 23.0 Å². The molecule has 7 heteroatoms. The van der Waals surface area contributed by atoms with Gasteiger partial charge in [-0.1, -0.05) is 35.9 Å². The van der Waals surface area contributed by atoms with E-state index in [0.717, 1.165) is 11.1 Å². The highest BCUT2D eigenvalue weighted by Crippen LogP contribution is 2.23. The highest BCUT2D eigenvalue weighted by atomic mass is 16.1. The van der Waals surface area contributed by atoms with Crippen LogP contribution in [0.2, 0.25) is 0 Å². The number of benzene rings is 1. The Balaban J connectivity index is 1.54. The minimum absolute atomic E-state index is 0.207. The fourth-order valence-electron chi connectivity index (χ4n) is 3.13. The lowest BCUT2D eigenvalue weighted by atomic mass is 10.1. The summed E-state index contributed by atoms with van der Waals surface area (Å²) in [6, 6.07) is 15.6. The summed E-state index contributed by atoms with van der Waals surface area (Å²) in [4.78, 5) is 20.3. The molecule has 0 fully saturated rings. The van der Waals surface area contributed by atoms with Crippen LogP contribution in [0.1, 0.15) is 35.9 Å². The van der Waals surface area contributed by atoms with Crippen molar-refractivity contribution in [1.82, 2.24) is 24.7 Å². The van der Waals surface area contributed by atoms with Gasteiger partial charge in [-0.25, -0.2) is 4.98 Å². The SMILES string of the molecule is Cc1cccc(-c2c[nH]c(C(=O)Nc3cccc(-c4nncn4C(C)C)n3)c2)c1. The van der Waals surface area contributed by atoms with Gasteiger partial charge in [-0.05, 0) is 50.1 Å². The number of carbonyl (C=O) groups excluding carboxylic acids is 1. The van der Waals surface area contributed by atoms with Crippen molar-refractivity contribution in [3.05, 3.63) is 72.3 Å². The number of aromatic amines is 1. The summed E-state index contributed by atoms with van der Waals surface area (Å²) >= 11 is 0. The molecule has 29 heavy (non-hydrogen) atoms. The first-order valence-electron chi connectivity index (χ1n) is 9.45. The molecule has 0 aliphatic heterocycles. The lowest BCUT2D eigenvalue weighted by Crippen LogP contribution is -2.13. The molecule has 1 aromatic carbocycles. The van der Waals surface area contributed by atoms with Crippen molar-refractivity contribution < 1.29 is 4.79 Å². The standard InChI is InChI=1S/C22H22N6O/c1-14(2)28-13-24-27-21(28)18-8-5-9-20(25-18)26-22(29)19-11-17(12-23-19)16-7-4-6-15(3)10-16/h4-14,23H,1-3H3,(H,25,26,29). The number of amides is 1. The van der Waals surface area contributed by atoms with Crippen molar-refractivity contribution in [3.63, 3.8) is 0 Å². The third-order valence-electron chi connectivity index (χ3n) is 4.63. The molecule has 0 unspecified atom stereocenters. The molecule has 0 saturated heterocycles. The quantitative estimate of drug-likeness (QED) is 0.529. The van der Waals surface area contributed by atoms with Gasteiger partial charge in [-0.2, -0.15) is 0 Å². The number of pyridine rings is 1. The highest BCUT2D eigenvalue weighted by molar-refractivity contribution is 6.03. The van der Waals surface area contributed by atoms with Crippen molar-refractivity contribution in [2.45, 2.75) is 26.8 Å². The lowest BCUT2D eigenvalue weighted by molar-refractivity contribution is 0.102. The Kier molecular flexibility index (Phi) is 4.95. The van der Waals surface area contributed by atoms with Crippen LogP contribution in [0.25, 0.3) is 22.6 Å². The fourth-order valence-corrected chi connectivity index (χ4v) is 3.13. The molecule has 0 radical (unpaired) electrons. The second kappa shape index (κ2) is 7.71. The van der Waals surface area contributed by atoms with Gasteiger partial charge < -0.3 is 14.9 Å². The fraction of sp³-hybridized carbons (Fsp3) is 0.182. The summed E-state index contributed by atoms with van der Waals surface area (Å²) in [5, 5.41) is 11.0. The number of rotatable bonds is 5. The van der Waals surface area contributed by atoms with Crippen LogP contribution < -0.4 is 5.32 Å². The Morgan fingerprint density at radius 2 is 1.93 bits per heavy atom. The number of nitrogens with one attached hydrogen (secondary N) is 2. The van der Waals surface area contributed by atoms with Crippen LogP contribution in [-0.2, 0) is 0 Å². The first kappa shape index (κ1) is 18.6. The molecular weight excluding hydrogens is 364 g/mol. The average Bonchev–Trinajstić information content (AvgIpc) is 3.38. The third kappa shape index (κ3) is 3.94. The Labute approximate surface area is 168 Å². The largest absolute Gasteiger partial charge is 0.357 e. The van der Waals surface area contributed by atoms with E-state index in [2.05, 4.69) is 45.4 Å². The van der Waals surface area contributed by atoms with Crippen LogP contribution in [0.3, 0.4) is 0 Å². The van der Waals surface area contributed by atoms with Gasteiger partial charge in [0.05, 0.1) is 0 Å². The van der Waals surface area contributed by atoms with Crippen molar-refractivity contribution in [2.75, 3.05) is 5.32 Å². The highest BCUT2D eigenvalue weighted by Gasteiger charge is 2.14. The maximum Gasteiger partial charge on any atom is 0.273 e. The number of hydrogen-bond acceptors (Lipinski definition) is 4. The number of nitrogens with zero attached hydrogens (tertiary/aromatic N) is 4. The summed E-state index contributed by atoms with van der Waals surface area (Å²) < 4.78 is 1.94. The van der Waals surface area contributed by atoms with E-state index in [-0.39, 0.29) is 11.9 Å². The molecule has 0 spiro atoms. The molecule has 3 heterocycles. The molecule has 0 bridgehead atoms. The predicted octanol–water partition coefficient (Wildman–Crippen LogP) is 4.48. The van der Waals surface area contributed by atoms with Crippen LogP contribution in [0, 0.1) is 6.92 Å². The van der Waals surface area contributed by atoms with Crippen molar-refractivity contribution in [1.29, 1.82) is 0 Å². The number of aryl methyl sites for hydroxylation is 1. The van der Waals surface area contributed by atoms with E-state index in [1.54, 1.807) is 12.4 Å². The molecule has 3 aromatic heterocycles.